The predicted molar refractivity (Wildman–Crippen MR) is 140 cm³/mol. The van der Waals surface area contributed by atoms with Crippen molar-refractivity contribution in [3.63, 3.8) is 0 Å². The number of nitrogens with one attached hydrogen (secondary N) is 1. The van der Waals surface area contributed by atoms with Crippen molar-refractivity contribution in [2.75, 3.05) is 27.2 Å². The number of hydrazine groups is 1. The van der Waals surface area contributed by atoms with Crippen molar-refractivity contribution in [3.05, 3.63) is 71.5 Å². The van der Waals surface area contributed by atoms with Gasteiger partial charge in [-0.05, 0) is 43.7 Å². The second kappa shape index (κ2) is 13.3. The summed E-state index contributed by atoms with van der Waals surface area (Å²) >= 11 is 0. The molecule has 4 rings (SSSR count). The first kappa shape index (κ1) is 28.3. The van der Waals surface area contributed by atoms with E-state index < -0.39 is 12.2 Å². The van der Waals surface area contributed by atoms with E-state index in [-0.39, 0.29) is 30.2 Å². The van der Waals surface area contributed by atoms with E-state index >= 15 is 0 Å². The molecule has 2 aliphatic heterocycles. The summed E-state index contributed by atoms with van der Waals surface area (Å²) in [4.78, 5) is 41.3. The van der Waals surface area contributed by atoms with Gasteiger partial charge in [-0.3, -0.25) is 19.4 Å². The number of fused-ring (bicyclic) bond motifs is 1. The highest BCUT2D eigenvalue weighted by atomic mass is 19.1. The van der Waals surface area contributed by atoms with Crippen molar-refractivity contribution in [1.82, 2.24) is 25.1 Å². The lowest BCUT2D eigenvalue weighted by Crippen LogP contribution is -2.74. The SMILES string of the molecule is CCCC[C@H]1C(=O)N([C@@H](C)c2ccccc2)CC2N1C(=O)CN(C)N2C=O.CNCc1ccc(F)cc1. The lowest BCUT2D eigenvalue weighted by Gasteiger charge is -2.54. The van der Waals surface area contributed by atoms with Gasteiger partial charge in [0.05, 0.1) is 19.1 Å². The number of amides is 3. The molecule has 37 heavy (non-hydrogen) atoms. The number of carbonyl (C=O) groups excluding carboxylic acids is 3. The molecule has 2 aromatic rings. The average molecular weight is 512 g/mol. The summed E-state index contributed by atoms with van der Waals surface area (Å²) in [5.41, 5.74) is 2.14. The summed E-state index contributed by atoms with van der Waals surface area (Å²) in [5, 5.41) is 6.15. The number of hydrogen-bond donors (Lipinski definition) is 1. The number of unbranched alkanes of at least 4 members (excludes halogenated alkanes) is 1. The molecule has 200 valence electrons. The molecule has 3 amide bonds. The van der Waals surface area contributed by atoms with E-state index in [9.17, 15) is 18.8 Å². The van der Waals surface area contributed by atoms with Crippen LogP contribution in [0.4, 0.5) is 4.39 Å². The molecule has 2 aliphatic rings. The zero-order chi connectivity index (χ0) is 26.9. The molecular formula is C28H38FN5O3. The van der Waals surface area contributed by atoms with Crippen LogP contribution in [-0.4, -0.2) is 77.4 Å². The van der Waals surface area contributed by atoms with Gasteiger partial charge in [0, 0.05) is 13.6 Å². The van der Waals surface area contributed by atoms with E-state index in [0.717, 1.165) is 36.9 Å². The van der Waals surface area contributed by atoms with Gasteiger partial charge < -0.3 is 15.1 Å². The van der Waals surface area contributed by atoms with Gasteiger partial charge in [0.25, 0.3) is 0 Å². The maximum absolute atomic E-state index is 13.3. The van der Waals surface area contributed by atoms with Gasteiger partial charge in [-0.2, -0.15) is 0 Å². The second-order valence-corrected chi connectivity index (χ2v) is 9.47. The Morgan fingerprint density at radius 3 is 2.38 bits per heavy atom. The first-order valence-electron chi connectivity index (χ1n) is 12.8. The van der Waals surface area contributed by atoms with Crippen LogP contribution >= 0.6 is 0 Å². The van der Waals surface area contributed by atoms with Crippen molar-refractivity contribution >= 4 is 18.2 Å². The summed E-state index contributed by atoms with van der Waals surface area (Å²) < 4.78 is 12.3. The first-order chi connectivity index (χ1) is 17.8. The van der Waals surface area contributed by atoms with Crippen LogP contribution in [0.15, 0.2) is 54.6 Å². The van der Waals surface area contributed by atoms with Crippen molar-refractivity contribution in [3.8, 4) is 0 Å². The van der Waals surface area contributed by atoms with Gasteiger partial charge in [0.1, 0.15) is 18.0 Å². The van der Waals surface area contributed by atoms with Gasteiger partial charge in [-0.25, -0.2) is 9.40 Å². The Morgan fingerprint density at radius 2 is 1.78 bits per heavy atom. The van der Waals surface area contributed by atoms with Gasteiger partial charge in [0.15, 0.2) is 0 Å². The summed E-state index contributed by atoms with van der Waals surface area (Å²) in [6.45, 7) is 5.28. The van der Waals surface area contributed by atoms with Gasteiger partial charge in [-0.1, -0.05) is 62.2 Å². The zero-order valence-electron chi connectivity index (χ0n) is 22.1. The number of hydrogen-bond acceptors (Lipinski definition) is 5. The third kappa shape index (κ3) is 6.72. The van der Waals surface area contributed by atoms with Crippen molar-refractivity contribution in [2.24, 2.45) is 0 Å². The molecule has 9 heteroatoms. The Hall–Kier alpha value is -3.30. The molecule has 0 saturated carbocycles. The molecule has 1 unspecified atom stereocenters. The molecule has 2 heterocycles. The number of carbonyl (C=O) groups is 3. The molecule has 0 spiro atoms. The quantitative estimate of drug-likeness (QED) is 0.551. The number of rotatable bonds is 8. The summed E-state index contributed by atoms with van der Waals surface area (Å²) in [6, 6.07) is 15.7. The Morgan fingerprint density at radius 1 is 1.11 bits per heavy atom. The van der Waals surface area contributed by atoms with E-state index in [2.05, 4.69) is 12.2 Å². The van der Waals surface area contributed by atoms with Gasteiger partial charge >= 0.3 is 0 Å². The Bertz CT molecular complexity index is 1040. The van der Waals surface area contributed by atoms with Crippen LogP contribution in [0.1, 0.15) is 50.3 Å². The zero-order valence-corrected chi connectivity index (χ0v) is 22.1. The minimum absolute atomic E-state index is 0.0280. The van der Waals surface area contributed by atoms with Crippen LogP contribution in [0.3, 0.4) is 0 Å². The van der Waals surface area contributed by atoms with Crippen molar-refractivity contribution in [1.29, 1.82) is 0 Å². The van der Waals surface area contributed by atoms with Crippen LogP contribution in [-0.2, 0) is 20.9 Å². The number of likely N-dealkylation sites (N-methyl/N-ethyl adjacent to an activating group) is 1. The highest BCUT2D eigenvalue weighted by Crippen LogP contribution is 2.32. The second-order valence-electron chi connectivity index (χ2n) is 9.47. The maximum Gasteiger partial charge on any atom is 0.246 e. The molecule has 0 radical (unpaired) electrons. The summed E-state index contributed by atoms with van der Waals surface area (Å²) in [7, 11) is 3.59. The van der Waals surface area contributed by atoms with Crippen molar-refractivity contribution < 1.29 is 18.8 Å². The molecule has 2 saturated heterocycles. The molecule has 0 aromatic heterocycles. The highest BCUT2D eigenvalue weighted by Gasteiger charge is 2.49. The summed E-state index contributed by atoms with van der Waals surface area (Å²) in [5.74, 6) is -0.304. The number of piperazine rings is 1. The third-order valence-corrected chi connectivity index (χ3v) is 6.92. The van der Waals surface area contributed by atoms with Crippen LogP contribution in [0.2, 0.25) is 0 Å². The molecule has 1 N–H and O–H groups in total. The van der Waals surface area contributed by atoms with Gasteiger partial charge in [0.2, 0.25) is 18.2 Å². The first-order valence-corrected chi connectivity index (χ1v) is 12.8. The Kier molecular flexibility index (Phi) is 10.2. The highest BCUT2D eigenvalue weighted by molar-refractivity contribution is 5.91. The molecule has 2 aromatic carbocycles. The largest absolute Gasteiger partial charge is 0.330 e. The Balaban J connectivity index is 0.000000319. The average Bonchev–Trinajstić information content (AvgIpc) is 2.90. The van der Waals surface area contributed by atoms with E-state index in [1.54, 1.807) is 29.1 Å². The maximum atomic E-state index is 13.3. The standard InChI is InChI=1S/C20H28N4O3.C8H10FN/c1-4-5-11-17-20(27)22(15(2)16-9-7-6-8-10-16)12-18-23(14-25)21(3)13-19(26)24(17)18;1-10-6-7-2-4-8(9)5-3-7/h6-10,14-15,17-18H,4-5,11-13H2,1-3H3;2-5,10H,6H2,1H3/t15-,17-,18?;/m0./s1. The molecule has 0 aliphatic carbocycles. The summed E-state index contributed by atoms with van der Waals surface area (Å²) in [6.07, 6.45) is 2.72. The molecule has 2 fully saturated rings. The van der Waals surface area contributed by atoms with E-state index in [1.807, 2.05) is 49.2 Å². The number of halogens is 1. The topological polar surface area (TPSA) is 76.2 Å². The third-order valence-electron chi connectivity index (χ3n) is 6.92. The normalized spacial score (nSPS) is 20.7. The molecule has 0 bridgehead atoms. The number of nitrogens with zero attached hydrogens (tertiary/aromatic N) is 4. The van der Waals surface area contributed by atoms with E-state index in [1.165, 1.54) is 17.1 Å². The lowest BCUT2D eigenvalue weighted by molar-refractivity contribution is -0.198. The minimum Gasteiger partial charge on any atom is -0.330 e. The fourth-order valence-corrected chi connectivity index (χ4v) is 4.89. The van der Waals surface area contributed by atoms with Crippen LogP contribution in [0.5, 0.6) is 0 Å². The lowest BCUT2D eigenvalue weighted by atomic mass is 9.98. The van der Waals surface area contributed by atoms with Crippen molar-refractivity contribution in [2.45, 2.75) is 57.9 Å². The van der Waals surface area contributed by atoms with Crippen LogP contribution in [0.25, 0.3) is 0 Å². The Labute approximate surface area is 219 Å². The molecule has 3 atom stereocenters. The van der Waals surface area contributed by atoms with E-state index in [4.69, 9.17) is 0 Å². The predicted octanol–water partition coefficient (Wildman–Crippen LogP) is 3.17. The fourth-order valence-electron chi connectivity index (χ4n) is 4.89. The fraction of sp³-hybridized carbons (Fsp3) is 0.464. The molecular weight excluding hydrogens is 473 g/mol. The minimum atomic E-state index is -0.515. The van der Waals surface area contributed by atoms with Crippen LogP contribution in [0, 0.1) is 5.82 Å². The van der Waals surface area contributed by atoms with Gasteiger partial charge in [-0.15, -0.1) is 0 Å². The number of benzene rings is 2. The van der Waals surface area contributed by atoms with E-state index in [0.29, 0.717) is 13.0 Å². The smallest absolute Gasteiger partial charge is 0.246 e. The van der Waals surface area contributed by atoms with Crippen LogP contribution < -0.4 is 5.32 Å². The molecule has 8 nitrogen and oxygen atoms in total. The monoisotopic (exact) mass is 511 g/mol.